The molecular formula is C23H24N4O5. The maximum absolute atomic E-state index is 12.1. The first-order valence-corrected chi connectivity index (χ1v) is 10.5. The van der Waals surface area contributed by atoms with Gasteiger partial charge in [-0.2, -0.15) is 0 Å². The van der Waals surface area contributed by atoms with E-state index in [2.05, 4.69) is 4.98 Å². The van der Waals surface area contributed by atoms with Crippen LogP contribution in [0.3, 0.4) is 0 Å². The number of nitrogens with two attached hydrogens (primary N) is 1. The fourth-order valence-corrected chi connectivity index (χ4v) is 4.16. The quantitative estimate of drug-likeness (QED) is 0.543. The molecule has 2 amide bonds. The fourth-order valence-electron chi connectivity index (χ4n) is 4.16. The van der Waals surface area contributed by atoms with Gasteiger partial charge in [0.05, 0.1) is 31.5 Å². The van der Waals surface area contributed by atoms with Crippen LogP contribution in [0.1, 0.15) is 23.2 Å². The summed E-state index contributed by atoms with van der Waals surface area (Å²) in [6.07, 6.45) is 4.60. The second-order valence-electron chi connectivity index (χ2n) is 8.40. The number of rotatable bonds is 8. The van der Waals surface area contributed by atoms with E-state index >= 15 is 0 Å². The summed E-state index contributed by atoms with van der Waals surface area (Å²) in [4.78, 5) is 29.7. The van der Waals surface area contributed by atoms with E-state index in [4.69, 9.17) is 19.9 Å². The van der Waals surface area contributed by atoms with Crippen molar-refractivity contribution in [2.75, 3.05) is 32.9 Å². The largest absolute Gasteiger partial charge is 0.494 e. The number of amides is 2. The van der Waals surface area contributed by atoms with Crippen LogP contribution < -0.4 is 15.2 Å². The first kappa shape index (κ1) is 20.3. The number of hydrogen-bond acceptors (Lipinski definition) is 6. The first-order chi connectivity index (χ1) is 15.5. The summed E-state index contributed by atoms with van der Waals surface area (Å²) in [5.41, 5.74) is 6.54. The van der Waals surface area contributed by atoms with Gasteiger partial charge in [0.15, 0.2) is 0 Å². The summed E-state index contributed by atoms with van der Waals surface area (Å²) < 4.78 is 18.8. The third-order valence-electron chi connectivity index (χ3n) is 5.88. The molecular weight excluding hydrogens is 412 g/mol. The Morgan fingerprint density at radius 2 is 1.97 bits per heavy atom. The number of aromatic nitrogens is 2. The Labute approximate surface area is 184 Å². The van der Waals surface area contributed by atoms with Crippen LogP contribution in [-0.4, -0.2) is 59.0 Å². The van der Waals surface area contributed by atoms with Crippen molar-refractivity contribution in [2.24, 2.45) is 11.1 Å². The van der Waals surface area contributed by atoms with Crippen molar-refractivity contribution in [3.8, 4) is 17.4 Å². The van der Waals surface area contributed by atoms with Gasteiger partial charge in [0.25, 0.3) is 0 Å². The molecule has 0 atom stereocenters. The van der Waals surface area contributed by atoms with Crippen LogP contribution in [0.2, 0.25) is 0 Å². The van der Waals surface area contributed by atoms with E-state index in [1.165, 1.54) is 0 Å². The van der Waals surface area contributed by atoms with Gasteiger partial charge >= 0.3 is 0 Å². The van der Waals surface area contributed by atoms with Gasteiger partial charge in [-0.3, -0.25) is 14.0 Å². The van der Waals surface area contributed by atoms with Crippen molar-refractivity contribution >= 4 is 17.3 Å². The van der Waals surface area contributed by atoms with Gasteiger partial charge < -0.3 is 24.8 Å². The summed E-state index contributed by atoms with van der Waals surface area (Å²) >= 11 is 0. The number of nitrogens with zero attached hydrogens (tertiary/aromatic N) is 3. The molecule has 2 N–H and O–H groups in total. The SMILES string of the molecule is NC(=O)c1cc(Oc2ccc(OCCCN3CC4(COC4)CC3=O)cc2)n2cncc2c1. The molecule has 2 aromatic heterocycles. The first-order valence-electron chi connectivity index (χ1n) is 10.5. The smallest absolute Gasteiger partial charge is 0.248 e. The Hall–Kier alpha value is -3.59. The van der Waals surface area contributed by atoms with Crippen LogP contribution in [0.15, 0.2) is 48.9 Å². The number of fused-ring (bicyclic) bond motifs is 1. The van der Waals surface area contributed by atoms with E-state index in [1.807, 2.05) is 17.0 Å². The van der Waals surface area contributed by atoms with Crippen LogP contribution >= 0.6 is 0 Å². The average molecular weight is 436 g/mol. The van der Waals surface area contributed by atoms with Crippen molar-refractivity contribution in [1.82, 2.24) is 14.3 Å². The number of ether oxygens (including phenoxy) is 3. The fraction of sp³-hybridized carbons (Fsp3) is 0.348. The molecule has 9 nitrogen and oxygen atoms in total. The molecule has 32 heavy (non-hydrogen) atoms. The Balaban J connectivity index is 1.15. The van der Waals surface area contributed by atoms with Gasteiger partial charge in [-0.1, -0.05) is 0 Å². The average Bonchev–Trinajstić information content (AvgIpc) is 3.37. The molecule has 0 saturated carbocycles. The van der Waals surface area contributed by atoms with Crippen molar-refractivity contribution in [2.45, 2.75) is 12.8 Å². The summed E-state index contributed by atoms with van der Waals surface area (Å²) in [5, 5.41) is 0. The molecule has 2 aliphatic heterocycles. The third-order valence-corrected chi connectivity index (χ3v) is 5.88. The number of benzene rings is 1. The normalized spacial score (nSPS) is 17.0. The number of hydrogen-bond donors (Lipinski definition) is 1. The number of likely N-dealkylation sites (tertiary alicyclic amines) is 1. The Bertz CT molecular complexity index is 1150. The van der Waals surface area contributed by atoms with Crippen LogP contribution in [0.5, 0.6) is 17.4 Å². The highest BCUT2D eigenvalue weighted by Gasteiger charge is 2.48. The van der Waals surface area contributed by atoms with Gasteiger partial charge in [0.2, 0.25) is 17.7 Å². The molecule has 2 saturated heterocycles. The van der Waals surface area contributed by atoms with Crippen molar-refractivity contribution in [3.05, 3.63) is 54.5 Å². The Morgan fingerprint density at radius 3 is 2.66 bits per heavy atom. The van der Waals surface area contributed by atoms with Crippen molar-refractivity contribution in [1.29, 1.82) is 0 Å². The van der Waals surface area contributed by atoms with Gasteiger partial charge in [-0.05, 0) is 36.8 Å². The van der Waals surface area contributed by atoms with Crippen LogP contribution in [0.4, 0.5) is 0 Å². The maximum atomic E-state index is 12.1. The lowest BCUT2D eigenvalue weighted by atomic mass is 9.85. The minimum atomic E-state index is -0.533. The summed E-state index contributed by atoms with van der Waals surface area (Å²) in [7, 11) is 0. The lowest BCUT2D eigenvalue weighted by Gasteiger charge is -2.36. The van der Waals surface area contributed by atoms with Gasteiger partial charge in [-0.25, -0.2) is 4.98 Å². The predicted octanol–water partition coefficient (Wildman–Crippen LogP) is 2.24. The molecule has 1 aromatic carbocycles. The predicted molar refractivity (Wildman–Crippen MR) is 115 cm³/mol. The highest BCUT2D eigenvalue weighted by molar-refractivity contribution is 5.94. The summed E-state index contributed by atoms with van der Waals surface area (Å²) in [5.74, 6) is 1.42. The van der Waals surface area contributed by atoms with Crippen LogP contribution in [-0.2, 0) is 9.53 Å². The highest BCUT2D eigenvalue weighted by Crippen LogP contribution is 2.38. The Kier molecular flexibility index (Phi) is 5.18. The van der Waals surface area contributed by atoms with Gasteiger partial charge in [-0.15, -0.1) is 0 Å². The molecule has 2 fully saturated rings. The zero-order valence-electron chi connectivity index (χ0n) is 17.5. The molecule has 0 radical (unpaired) electrons. The highest BCUT2D eigenvalue weighted by atomic mass is 16.5. The number of pyridine rings is 1. The van der Waals surface area contributed by atoms with Gasteiger partial charge in [0.1, 0.15) is 17.8 Å². The Morgan fingerprint density at radius 1 is 1.19 bits per heavy atom. The topological polar surface area (TPSA) is 108 Å². The number of carbonyl (C=O) groups excluding carboxylic acids is 2. The number of imidazole rings is 1. The van der Waals surface area contributed by atoms with Gasteiger partial charge in [0, 0.05) is 36.6 Å². The van der Waals surface area contributed by atoms with Crippen LogP contribution in [0, 0.1) is 5.41 Å². The maximum Gasteiger partial charge on any atom is 0.248 e. The lowest BCUT2D eigenvalue weighted by Crippen LogP contribution is -2.44. The molecule has 0 aliphatic carbocycles. The summed E-state index contributed by atoms with van der Waals surface area (Å²) in [6.45, 7) is 3.39. The van der Waals surface area contributed by atoms with E-state index in [-0.39, 0.29) is 11.3 Å². The molecule has 0 unspecified atom stereocenters. The molecule has 4 heterocycles. The molecule has 3 aromatic rings. The minimum Gasteiger partial charge on any atom is -0.494 e. The van der Waals surface area contributed by atoms with E-state index in [1.54, 1.807) is 41.2 Å². The molecule has 5 rings (SSSR count). The zero-order chi connectivity index (χ0) is 22.1. The monoisotopic (exact) mass is 436 g/mol. The second-order valence-corrected chi connectivity index (χ2v) is 8.40. The molecule has 1 spiro atoms. The molecule has 2 aliphatic rings. The van der Waals surface area contributed by atoms with E-state index in [9.17, 15) is 9.59 Å². The second kappa shape index (κ2) is 8.16. The minimum absolute atomic E-state index is 0.0625. The molecule has 0 bridgehead atoms. The number of carbonyl (C=O) groups is 2. The number of primary amides is 1. The van der Waals surface area contributed by atoms with Crippen molar-refractivity contribution in [3.63, 3.8) is 0 Å². The van der Waals surface area contributed by atoms with Crippen molar-refractivity contribution < 1.29 is 23.8 Å². The lowest BCUT2D eigenvalue weighted by molar-refractivity contribution is -0.129. The summed E-state index contributed by atoms with van der Waals surface area (Å²) in [6, 6.07) is 10.5. The third kappa shape index (κ3) is 3.99. The molecule has 9 heteroatoms. The molecule has 166 valence electrons. The van der Waals surface area contributed by atoms with E-state index in [0.717, 1.165) is 13.0 Å². The standard InChI is InChI=1S/C23H24N4O5/c24-22(29)16-8-17-11-25-15-27(17)21(9-16)32-19-4-2-18(3-5-19)31-7-1-6-26-12-23(10-20(26)28)13-30-14-23/h2-5,8-9,11,15H,1,6-7,10,12-14H2,(H2,24,29). The van der Waals surface area contributed by atoms with Crippen LogP contribution in [0.25, 0.3) is 5.52 Å². The van der Waals surface area contributed by atoms with E-state index in [0.29, 0.717) is 61.2 Å². The zero-order valence-corrected chi connectivity index (χ0v) is 17.5. The van der Waals surface area contributed by atoms with E-state index < -0.39 is 5.91 Å².